The van der Waals surface area contributed by atoms with Crippen LogP contribution in [0.5, 0.6) is 11.5 Å². The summed E-state index contributed by atoms with van der Waals surface area (Å²) < 4.78 is 13.1. The van der Waals surface area contributed by atoms with Crippen LogP contribution in [0.15, 0.2) is 22.7 Å². The lowest BCUT2D eigenvalue weighted by atomic mass is 9.67. The van der Waals surface area contributed by atoms with Crippen LogP contribution in [0.2, 0.25) is 0 Å². The largest absolute Gasteiger partial charge is 0.493 e. The lowest BCUT2D eigenvalue weighted by Crippen LogP contribution is -2.40. The zero-order valence-electron chi connectivity index (χ0n) is 13.1. The lowest BCUT2D eigenvalue weighted by Gasteiger charge is -2.36. The minimum atomic E-state index is -0.0254. The first-order chi connectivity index (χ1) is 10.6. The lowest BCUT2D eigenvalue weighted by molar-refractivity contribution is 0.131. The molecule has 3 nitrogen and oxygen atoms in total. The summed E-state index contributed by atoms with van der Waals surface area (Å²) in [6.07, 6.45) is 9.26. The average Bonchev–Trinajstić information content (AvgIpc) is 2.72. The Hall–Kier alpha value is -1.00. The van der Waals surface area contributed by atoms with Crippen LogP contribution >= 0.6 is 15.9 Å². The summed E-state index contributed by atoms with van der Waals surface area (Å²) in [5, 5.41) is 0. The fourth-order valence-electron chi connectivity index (χ4n) is 4.45. The Morgan fingerprint density at radius 2 is 2.27 bits per heavy atom. The van der Waals surface area contributed by atoms with Crippen molar-refractivity contribution >= 4 is 15.9 Å². The van der Waals surface area contributed by atoms with Gasteiger partial charge in [-0.25, -0.2) is 0 Å². The highest BCUT2D eigenvalue weighted by molar-refractivity contribution is 9.10. The molecule has 118 valence electrons. The Morgan fingerprint density at radius 1 is 1.45 bits per heavy atom. The Kier molecular flexibility index (Phi) is 3.31. The predicted molar refractivity (Wildman–Crippen MR) is 90.5 cm³/mol. The van der Waals surface area contributed by atoms with Crippen LogP contribution in [0.25, 0.3) is 0 Å². The summed E-state index contributed by atoms with van der Waals surface area (Å²) in [6.45, 7) is 2.26. The maximum absolute atomic E-state index is 6.49. The molecule has 4 atom stereocenters. The van der Waals surface area contributed by atoms with E-state index in [9.17, 15) is 0 Å². The molecule has 1 heterocycles. The maximum atomic E-state index is 6.49. The third-order valence-corrected chi connectivity index (χ3v) is 6.20. The fourth-order valence-corrected chi connectivity index (χ4v) is 5.15. The minimum absolute atomic E-state index is 0.0254. The van der Waals surface area contributed by atoms with E-state index >= 15 is 0 Å². The van der Waals surface area contributed by atoms with Gasteiger partial charge in [-0.15, -0.1) is 0 Å². The molecule has 1 aromatic carbocycles. The van der Waals surface area contributed by atoms with Gasteiger partial charge in [-0.1, -0.05) is 41.4 Å². The van der Waals surface area contributed by atoms with Crippen molar-refractivity contribution in [1.29, 1.82) is 0 Å². The van der Waals surface area contributed by atoms with Gasteiger partial charge in [-0.3, -0.25) is 0 Å². The van der Waals surface area contributed by atoms with Gasteiger partial charge in [0.25, 0.3) is 0 Å². The molecule has 3 aliphatic rings. The van der Waals surface area contributed by atoms with Gasteiger partial charge in [-0.2, -0.15) is 0 Å². The molecule has 4 rings (SSSR count). The second kappa shape index (κ2) is 5.00. The molecule has 1 aromatic rings. The molecule has 0 saturated carbocycles. The Bertz CT molecular complexity index is 657. The highest BCUT2D eigenvalue weighted by Gasteiger charge is 2.53. The van der Waals surface area contributed by atoms with Crippen LogP contribution in [0.3, 0.4) is 0 Å². The van der Waals surface area contributed by atoms with E-state index in [0.717, 1.165) is 41.7 Å². The van der Waals surface area contributed by atoms with Gasteiger partial charge in [0.2, 0.25) is 0 Å². The molecule has 3 unspecified atom stereocenters. The molecule has 0 bridgehead atoms. The smallest absolute Gasteiger partial charge is 0.166 e. The topological polar surface area (TPSA) is 44.5 Å². The van der Waals surface area contributed by atoms with E-state index in [0.29, 0.717) is 5.92 Å². The summed E-state index contributed by atoms with van der Waals surface area (Å²) in [6, 6.07) is 2.07. The summed E-state index contributed by atoms with van der Waals surface area (Å²) >= 11 is 3.72. The number of benzene rings is 1. The molecule has 2 aliphatic carbocycles. The highest BCUT2D eigenvalue weighted by atomic mass is 79.9. The summed E-state index contributed by atoms with van der Waals surface area (Å²) in [5.41, 5.74) is 8.96. The normalized spacial score (nSPS) is 35.4. The predicted octanol–water partition coefficient (Wildman–Crippen LogP) is 4.24. The second-order valence-electron chi connectivity index (χ2n) is 6.90. The van der Waals surface area contributed by atoms with E-state index < -0.39 is 0 Å². The van der Waals surface area contributed by atoms with Crippen LogP contribution < -0.4 is 15.2 Å². The standard InChI is InChI=1S/C18H22BrNO2/c1-10-5-7-18-6-3-4-12(20)15-11(19)9-13(21-2)17(16(15)18)22-14(18)8-10/h5,7,9-10,12,14H,3-4,6,8,20H2,1-2H3/t10-,12?,14?,18?/m0/s1. The Labute approximate surface area is 140 Å². The molecule has 22 heavy (non-hydrogen) atoms. The number of methoxy groups -OCH3 is 1. The third-order valence-electron chi connectivity index (χ3n) is 5.54. The molecule has 1 aliphatic heterocycles. The molecule has 0 fully saturated rings. The first-order valence-electron chi connectivity index (χ1n) is 8.09. The molecule has 0 saturated heterocycles. The molecule has 0 amide bonds. The summed E-state index contributed by atoms with van der Waals surface area (Å²) in [7, 11) is 1.71. The Morgan fingerprint density at radius 3 is 3.05 bits per heavy atom. The first kappa shape index (κ1) is 14.6. The highest BCUT2D eigenvalue weighted by Crippen LogP contribution is 2.59. The molecule has 0 aromatic heterocycles. The fraction of sp³-hybridized carbons (Fsp3) is 0.556. The molecular weight excluding hydrogens is 342 g/mol. The number of allylic oxidation sites excluding steroid dienone is 1. The van der Waals surface area contributed by atoms with Crippen molar-refractivity contribution in [3.05, 3.63) is 33.8 Å². The van der Waals surface area contributed by atoms with E-state index in [2.05, 4.69) is 35.0 Å². The SMILES string of the molecule is COc1cc(Br)c2c3c1OC1C[C@@H](C)C=CC31CCCC2N. The van der Waals surface area contributed by atoms with Crippen molar-refractivity contribution in [2.45, 2.75) is 50.2 Å². The van der Waals surface area contributed by atoms with Crippen LogP contribution in [0, 0.1) is 5.92 Å². The quantitative estimate of drug-likeness (QED) is 0.759. The molecule has 1 spiro atoms. The van der Waals surface area contributed by atoms with Crippen molar-refractivity contribution in [1.82, 2.24) is 0 Å². The number of nitrogens with two attached hydrogens (primary N) is 1. The van der Waals surface area contributed by atoms with Gasteiger partial charge < -0.3 is 15.2 Å². The van der Waals surface area contributed by atoms with E-state index in [1.165, 1.54) is 11.1 Å². The first-order valence-corrected chi connectivity index (χ1v) is 8.88. The molecule has 2 N–H and O–H groups in total. The van der Waals surface area contributed by atoms with Crippen molar-refractivity contribution < 1.29 is 9.47 Å². The number of rotatable bonds is 1. The Balaban J connectivity index is 2.03. The third kappa shape index (κ3) is 1.83. The molecular formula is C18H22BrNO2. The van der Waals surface area contributed by atoms with Gasteiger partial charge in [0.1, 0.15) is 6.10 Å². The van der Waals surface area contributed by atoms with Crippen LogP contribution in [0.4, 0.5) is 0 Å². The van der Waals surface area contributed by atoms with Crippen molar-refractivity contribution in [2.75, 3.05) is 7.11 Å². The van der Waals surface area contributed by atoms with Crippen LogP contribution in [-0.2, 0) is 5.41 Å². The van der Waals surface area contributed by atoms with Gasteiger partial charge >= 0.3 is 0 Å². The van der Waals surface area contributed by atoms with Crippen molar-refractivity contribution in [3.8, 4) is 11.5 Å². The average molecular weight is 364 g/mol. The second-order valence-corrected chi connectivity index (χ2v) is 7.75. The van der Waals surface area contributed by atoms with Crippen LogP contribution in [0.1, 0.15) is 49.8 Å². The van der Waals surface area contributed by atoms with Gasteiger partial charge in [0.05, 0.1) is 12.5 Å². The van der Waals surface area contributed by atoms with E-state index in [1.54, 1.807) is 7.11 Å². The van der Waals surface area contributed by atoms with Gasteiger partial charge in [0.15, 0.2) is 11.5 Å². The van der Waals surface area contributed by atoms with Gasteiger partial charge in [-0.05, 0) is 36.8 Å². The van der Waals surface area contributed by atoms with Crippen LogP contribution in [-0.4, -0.2) is 13.2 Å². The van der Waals surface area contributed by atoms with Crippen molar-refractivity contribution in [3.63, 3.8) is 0 Å². The van der Waals surface area contributed by atoms with Crippen molar-refractivity contribution in [2.24, 2.45) is 11.7 Å². The monoisotopic (exact) mass is 363 g/mol. The van der Waals surface area contributed by atoms with E-state index in [1.807, 2.05) is 6.07 Å². The molecule has 4 heteroatoms. The molecule has 0 radical (unpaired) electrons. The van der Waals surface area contributed by atoms with E-state index in [4.69, 9.17) is 15.2 Å². The van der Waals surface area contributed by atoms with E-state index in [-0.39, 0.29) is 17.6 Å². The number of hydrogen-bond donors (Lipinski definition) is 1. The number of halogens is 1. The summed E-state index contributed by atoms with van der Waals surface area (Å²) in [5.74, 6) is 2.29. The minimum Gasteiger partial charge on any atom is -0.493 e. The zero-order valence-corrected chi connectivity index (χ0v) is 14.7. The number of ether oxygens (including phenoxy) is 2. The zero-order chi connectivity index (χ0) is 15.5. The number of hydrogen-bond acceptors (Lipinski definition) is 3. The maximum Gasteiger partial charge on any atom is 0.166 e. The summed E-state index contributed by atoms with van der Waals surface area (Å²) in [4.78, 5) is 0. The van der Waals surface area contributed by atoms with Gasteiger partial charge in [0, 0.05) is 16.1 Å².